The Bertz CT molecular complexity index is 298. The second kappa shape index (κ2) is 8.66. The average molecular weight is 286 g/mol. The first-order valence-electron chi connectivity index (χ1n) is 5.06. The van der Waals surface area contributed by atoms with E-state index in [4.69, 9.17) is 16.1 Å². The highest BCUT2D eigenvalue weighted by Crippen LogP contribution is 2.47. The zero-order chi connectivity index (χ0) is 13.3. The molecule has 1 rings (SSSR count). The largest absolute Gasteiger partial charge is 0.476 e. The average Bonchev–Trinajstić information content (AvgIpc) is 2.73. The Morgan fingerprint density at radius 3 is 2.35 bits per heavy atom. The third kappa shape index (κ3) is 10.5. The number of hydrogen-bond acceptors (Lipinski definition) is 5. The zero-order valence-corrected chi connectivity index (χ0v) is 11.4. The van der Waals surface area contributed by atoms with Gasteiger partial charge >= 0.3 is 12.9 Å². The highest BCUT2D eigenvalue weighted by Gasteiger charge is 2.24. The Hall–Kier alpha value is -0.390. The third-order valence-electron chi connectivity index (χ3n) is 1.76. The van der Waals surface area contributed by atoms with Crippen LogP contribution in [0.4, 0.5) is 0 Å². The van der Waals surface area contributed by atoms with Gasteiger partial charge in [0.1, 0.15) is 6.04 Å². The van der Waals surface area contributed by atoms with Gasteiger partial charge in [0.15, 0.2) is 0 Å². The van der Waals surface area contributed by atoms with Crippen molar-refractivity contribution in [3.05, 3.63) is 12.2 Å². The van der Waals surface area contributed by atoms with Gasteiger partial charge in [-0.1, -0.05) is 12.2 Å². The van der Waals surface area contributed by atoms with Crippen molar-refractivity contribution < 1.29 is 23.6 Å². The molecule has 100 valence electrons. The van der Waals surface area contributed by atoms with Crippen molar-refractivity contribution in [3.8, 4) is 0 Å². The number of carbonyl (C=O) groups excluding carboxylic acids is 1. The van der Waals surface area contributed by atoms with Crippen LogP contribution >= 0.6 is 18.2 Å². The van der Waals surface area contributed by atoms with E-state index in [1.54, 1.807) is 0 Å². The molecule has 0 aliphatic heterocycles. The van der Waals surface area contributed by atoms with Crippen LogP contribution in [0.1, 0.15) is 26.2 Å². The normalized spacial score (nSPS) is 18.8. The lowest BCUT2D eigenvalue weighted by atomic mass is 10.4. The number of hydrogen-bond donors (Lipinski definition) is 2. The maximum atomic E-state index is 10.8. The molecule has 0 spiro atoms. The highest BCUT2D eigenvalue weighted by atomic mass is 35.7. The summed E-state index contributed by atoms with van der Waals surface area (Å²) in [4.78, 5) is 23.6. The quantitative estimate of drug-likeness (QED) is 0.468. The minimum atomic E-state index is -4.27. The molecule has 0 heterocycles. The van der Waals surface area contributed by atoms with Gasteiger partial charge in [-0.05, 0) is 26.2 Å². The summed E-state index contributed by atoms with van der Waals surface area (Å²) in [7, 11) is 1.29. The lowest BCUT2D eigenvalue weighted by Gasteiger charge is -2.10. The zero-order valence-electron chi connectivity index (χ0n) is 9.76. The Morgan fingerprint density at radius 2 is 2.06 bits per heavy atom. The van der Waals surface area contributed by atoms with Gasteiger partial charge in [0.2, 0.25) is 0 Å². The lowest BCUT2D eigenvalue weighted by molar-refractivity contribution is -0.139. The van der Waals surface area contributed by atoms with E-state index in [-0.39, 0.29) is 0 Å². The van der Waals surface area contributed by atoms with Crippen LogP contribution < -0.4 is 5.48 Å². The molecule has 1 aliphatic rings. The summed E-state index contributed by atoms with van der Waals surface area (Å²) in [6, 6.07) is -0.853. The van der Waals surface area contributed by atoms with Crippen LogP contribution in [-0.4, -0.2) is 24.0 Å². The molecule has 2 N–H and O–H groups in total. The predicted molar refractivity (Wildman–Crippen MR) is 64.4 cm³/mol. The minimum Gasteiger partial charge on any atom is -0.379 e. The van der Waals surface area contributed by atoms with Crippen molar-refractivity contribution in [2.75, 3.05) is 7.11 Å². The fourth-order valence-corrected chi connectivity index (χ4v) is 1.59. The van der Waals surface area contributed by atoms with E-state index in [2.05, 4.69) is 27.0 Å². The van der Waals surface area contributed by atoms with Gasteiger partial charge in [-0.3, -0.25) is 0 Å². The molecule has 0 amide bonds. The van der Waals surface area contributed by atoms with Gasteiger partial charge in [-0.15, -0.1) is 0 Å². The summed E-state index contributed by atoms with van der Waals surface area (Å²) in [5, 5.41) is 0. The number of rotatable bonds is 4. The van der Waals surface area contributed by atoms with Crippen LogP contribution in [0, 0.1) is 0 Å². The third-order valence-corrected chi connectivity index (χ3v) is 2.37. The Morgan fingerprint density at radius 1 is 1.53 bits per heavy atom. The SMILES string of the molecule is C1=CCCC1.CON[C@@H](C)C(=O)OP(=O)(O)Cl. The van der Waals surface area contributed by atoms with Crippen LogP contribution in [0.3, 0.4) is 0 Å². The number of halogens is 1. The molecule has 1 unspecified atom stereocenters. The van der Waals surface area contributed by atoms with Crippen molar-refractivity contribution in [1.29, 1.82) is 0 Å². The fourth-order valence-electron chi connectivity index (χ4n) is 1.00. The van der Waals surface area contributed by atoms with E-state index < -0.39 is 19.0 Å². The Kier molecular flexibility index (Phi) is 8.47. The van der Waals surface area contributed by atoms with Gasteiger partial charge in [-0.2, -0.15) is 5.48 Å². The fraction of sp³-hybridized carbons (Fsp3) is 0.667. The van der Waals surface area contributed by atoms with Crippen LogP contribution in [0.25, 0.3) is 0 Å². The number of allylic oxidation sites excluding steroid dienone is 2. The molecule has 2 atom stereocenters. The van der Waals surface area contributed by atoms with Crippen LogP contribution in [0.5, 0.6) is 0 Å². The van der Waals surface area contributed by atoms with Crippen molar-refractivity contribution in [2.45, 2.75) is 32.2 Å². The maximum absolute atomic E-state index is 10.8. The standard InChI is InChI=1S/C5H8.C4H9ClNO5P/c1-2-4-5-3-1;1-3(6-10-2)4(7)11-12(5,8)9/h1-2H,3-5H2;3,6H,1-2H3,(H,8,9)/t;3-/m.0/s1. The van der Waals surface area contributed by atoms with Crippen LogP contribution in [0.15, 0.2) is 12.2 Å². The molecular weight excluding hydrogens is 269 g/mol. The van der Waals surface area contributed by atoms with Crippen LogP contribution in [0.2, 0.25) is 0 Å². The summed E-state index contributed by atoms with van der Waals surface area (Å²) in [5.74, 6) is -0.960. The lowest BCUT2D eigenvalue weighted by Crippen LogP contribution is -2.33. The molecule has 17 heavy (non-hydrogen) atoms. The molecule has 0 bridgehead atoms. The monoisotopic (exact) mass is 285 g/mol. The van der Waals surface area contributed by atoms with Gasteiger partial charge in [0.05, 0.1) is 7.11 Å². The van der Waals surface area contributed by atoms with Crippen molar-refractivity contribution >= 4 is 24.2 Å². The summed E-state index contributed by atoms with van der Waals surface area (Å²) >= 11 is 4.77. The number of nitrogens with one attached hydrogen (secondary N) is 1. The first-order chi connectivity index (χ1) is 7.87. The topological polar surface area (TPSA) is 84.9 Å². The summed E-state index contributed by atoms with van der Waals surface area (Å²) in [6.07, 6.45) is 8.50. The molecule has 0 saturated heterocycles. The van der Waals surface area contributed by atoms with Crippen molar-refractivity contribution in [1.82, 2.24) is 5.48 Å². The van der Waals surface area contributed by atoms with Crippen LogP contribution in [-0.2, 0) is 18.7 Å². The number of hydroxylamine groups is 1. The van der Waals surface area contributed by atoms with Gasteiger partial charge < -0.3 is 14.3 Å². The molecule has 0 fully saturated rings. The van der Waals surface area contributed by atoms with E-state index in [9.17, 15) is 9.36 Å². The molecule has 0 saturated carbocycles. The van der Waals surface area contributed by atoms with E-state index >= 15 is 0 Å². The van der Waals surface area contributed by atoms with E-state index in [0.717, 1.165) is 0 Å². The maximum Gasteiger partial charge on any atom is 0.476 e. The van der Waals surface area contributed by atoms with Crippen molar-refractivity contribution in [2.24, 2.45) is 0 Å². The molecule has 8 heteroatoms. The smallest absolute Gasteiger partial charge is 0.379 e. The summed E-state index contributed by atoms with van der Waals surface area (Å²) in [6.45, 7) is -2.88. The predicted octanol–water partition coefficient (Wildman–Crippen LogP) is 2.13. The van der Waals surface area contributed by atoms with E-state index in [1.807, 2.05) is 0 Å². The van der Waals surface area contributed by atoms with Crippen molar-refractivity contribution in [3.63, 3.8) is 0 Å². The molecule has 0 aromatic rings. The summed E-state index contributed by atoms with van der Waals surface area (Å²) in [5.41, 5.74) is 2.20. The molecule has 1 aliphatic carbocycles. The summed E-state index contributed by atoms with van der Waals surface area (Å²) < 4.78 is 14.3. The second-order valence-corrected chi connectivity index (χ2v) is 5.67. The van der Waals surface area contributed by atoms with Gasteiger partial charge in [0, 0.05) is 11.2 Å². The Labute approximate surface area is 105 Å². The molecule has 6 nitrogen and oxygen atoms in total. The first kappa shape index (κ1) is 16.6. The second-order valence-electron chi connectivity index (χ2n) is 3.31. The molecule has 0 radical (unpaired) electrons. The van der Waals surface area contributed by atoms with Gasteiger partial charge in [0.25, 0.3) is 0 Å². The number of carbonyl (C=O) groups is 1. The minimum absolute atomic E-state index is 0.853. The molecule has 0 aromatic heterocycles. The molecule has 0 aromatic carbocycles. The molecular formula is C9H17ClNO5P. The first-order valence-corrected chi connectivity index (χ1v) is 7.54. The van der Waals surface area contributed by atoms with E-state index in [0.29, 0.717) is 0 Å². The Balaban J connectivity index is 0.000000419. The van der Waals surface area contributed by atoms with E-state index in [1.165, 1.54) is 33.3 Å². The van der Waals surface area contributed by atoms with Gasteiger partial charge in [-0.25, -0.2) is 9.36 Å². The highest BCUT2D eigenvalue weighted by molar-refractivity contribution is 7.80.